The summed E-state index contributed by atoms with van der Waals surface area (Å²) in [5, 5.41) is 4.02. The standard InChI is InChI=1S/C19H18F3N3O/c1-12(25-18-15-5-3-4-6-17(15)23-11-24-18)9-13-7-8-14(26-2)10-16(13)19(20,21)22/h3-8,10-12H,9H2,1-2H3,(H,23,24,25). The number of halogens is 3. The first-order valence-corrected chi connectivity index (χ1v) is 8.09. The monoisotopic (exact) mass is 361 g/mol. The maximum atomic E-state index is 13.4. The lowest BCUT2D eigenvalue weighted by Crippen LogP contribution is -2.21. The molecule has 0 bridgehead atoms. The van der Waals surface area contributed by atoms with E-state index < -0.39 is 11.7 Å². The molecule has 1 N–H and O–H groups in total. The Morgan fingerprint density at radius 3 is 2.62 bits per heavy atom. The lowest BCUT2D eigenvalue weighted by Gasteiger charge is -2.19. The van der Waals surface area contributed by atoms with E-state index in [1.807, 2.05) is 31.2 Å². The van der Waals surface area contributed by atoms with E-state index >= 15 is 0 Å². The SMILES string of the molecule is COc1ccc(CC(C)Nc2ncnc3ccccc23)c(C(F)(F)F)c1. The molecule has 1 unspecified atom stereocenters. The Morgan fingerprint density at radius 2 is 1.88 bits per heavy atom. The minimum Gasteiger partial charge on any atom is -0.497 e. The molecule has 1 aromatic heterocycles. The summed E-state index contributed by atoms with van der Waals surface area (Å²) < 4.78 is 45.0. The fraction of sp³-hybridized carbons (Fsp3) is 0.263. The van der Waals surface area contributed by atoms with E-state index in [4.69, 9.17) is 4.74 Å². The number of hydrogen-bond donors (Lipinski definition) is 1. The maximum absolute atomic E-state index is 13.4. The van der Waals surface area contributed by atoms with Gasteiger partial charge < -0.3 is 10.1 Å². The number of para-hydroxylation sites is 1. The number of benzene rings is 2. The van der Waals surface area contributed by atoms with Crippen LogP contribution in [0.15, 0.2) is 48.8 Å². The van der Waals surface area contributed by atoms with E-state index in [0.29, 0.717) is 5.82 Å². The van der Waals surface area contributed by atoms with Gasteiger partial charge in [-0.2, -0.15) is 13.2 Å². The molecule has 2 aromatic carbocycles. The topological polar surface area (TPSA) is 47.0 Å². The minimum absolute atomic E-state index is 0.184. The summed E-state index contributed by atoms with van der Waals surface area (Å²) in [5.41, 5.74) is 0.298. The van der Waals surface area contributed by atoms with E-state index in [2.05, 4.69) is 15.3 Å². The van der Waals surface area contributed by atoms with Crippen molar-refractivity contribution >= 4 is 16.7 Å². The Kier molecular flexibility index (Phi) is 4.97. The first-order chi connectivity index (χ1) is 12.4. The fourth-order valence-corrected chi connectivity index (χ4v) is 2.86. The highest BCUT2D eigenvalue weighted by Gasteiger charge is 2.34. The van der Waals surface area contributed by atoms with Crippen molar-refractivity contribution in [3.8, 4) is 5.75 Å². The van der Waals surface area contributed by atoms with Crippen LogP contribution in [0.4, 0.5) is 19.0 Å². The van der Waals surface area contributed by atoms with Gasteiger partial charge in [-0.15, -0.1) is 0 Å². The molecule has 0 aliphatic heterocycles. The summed E-state index contributed by atoms with van der Waals surface area (Å²) >= 11 is 0. The predicted molar refractivity (Wildman–Crippen MR) is 94.3 cm³/mol. The van der Waals surface area contributed by atoms with Crippen molar-refractivity contribution in [3.63, 3.8) is 0 Å². The van der Waals surface area contributed by atoms with Crippen LogP contribution in [0.25, 0.3) is 10.9 Å². The number of fused-ring (bicyclic) bond motifs is 1. The van der Waals surface area contributed by atoms with Crippen molar-refractivity contribution in [3.05, 3.63) is 59.9 Å². The van der Waals surface area contributed by atoms with E-state index in [1.165, 1.54) is 25.6 Å². The molecule has 7 heteroatoms. The van der Waals surface area contributed by atoms with Gasteiger partial charge in [-0.25, -0.2) is 9.97 Å². The number of anilines is 1. The van der Waals surface area contributed by atoms with Gasteiger partial charge in [0.1, 0.15) is 17.9 Å². The molecule has 4 nitrogen and oxygen atoms in total. The van der Waals surface area contributed by atoms with E-state index in [1.54, 1.807) is 0 Å². The number of nitrogens with one attached hydrogen (secondary N) is 1. The molecule has 0 fully saturated rings. The number of aromatic nitrogens is 2. The first-order valence-electron chi connectivity index (χ1n) is 8.09. The number of alkyl halides is 3. The van der Waals surface area contributed by atoms with Gasteiger partial charge in [0.2, 0.25) is 0 Å². The van der Waals surface area contributed by atoms with Crippen LogP contribution in [0, 0.1) is 0 Å². The van der Waals surface area contributed by atoms with Crippen LogP contribution in [0.5, 0.6) is 5.75 Å². The highest BCUT2D eigenvalue weighted by atomic mass is 19.4. The fourth-order valence-electron chi connectivity index (χ4n) is 2.86. The highest BCUT2D eigenvalue weighted by Crippen LogP contribution is 2.35. The molecule has 0 saturated carbocycles. The molecule has 0 aliphatic rings. The smallest absolute Gasteiger partial charge is 0.416 e. The molecule has 0 spiro atoms. The lowest BCUT2D eigenvalue weighted by atomic mass is 10.00. The van der Waals surface area contributed by atoms with E-state index in [-0.39, 0.29) is 23.8 Å². The molecule has 3 aromatic rings. The van der Waals surface area contributed by atoms with E-state index in [9.17, 15) is 13.2 Å². The van der Waals surface area contributed by atoms with Crippen LogP contribution in [-0.4, -0.2) is 23.1 Å². The van der Waals surface area contributed by atoms with Crippen LogP contribution in [-0.2, 0) is 12.6 Å². The number of nitrogens with zero attached hydrogens (tertiary/aromatic N) is 2. The summed E-state index contributed by atoms with van der Waals surface area (Å²) in [6.07, 6.45) is -2.81. The second-order valence-corrected chi connectivity index (χ2v) is 6.01. The molecule has 136 valence electrons. The number of rotatable bonds is 5. The van der Waals surface area contributed by atoms with Gasteiger partial charge in [0.05, 0.1) is 18.2 Å². The van der Waals surface area contributed by atoms with Crippen molar-refractivity contribution in [1.82, 2.24) is 9.97 Å². The third kappa shape index (κ3) is 3.87. The van der Waals surface area contributed by atoms with Gasteiger partial charge in [-0.1, -0.05) is 18.2 Å². The molecule has 0 saturated heterocycles. The zero-order chi connectivity index (χ0) is 18.7. The van der Waals surface area contributed by atoms with Crippen molar-refractivity contribution in [2.45, 2.75) is 25.6 Å². The van der Waals surface area contributed by atoms with Crippen molar-refractivity contribution in [2.24, 2.45) is 0 Å². The second kappa shape index (κ2) is 7.19. The summed E-state index contributed by atoms with van der Waals surface area (Å²) in [4.78, 5) is 8.41. The van der Waals surface area contributed by atoms with Crippen LogP contribution >= 0.6 is 0 Å². The van der Waals surface area contributed by atoms with Crippen LogP contribution in [0.2, 0.25) is 0 Å². The zero-order valence-electron chi connectivity index (χ0n) is 14.3. The van der Waals surface area contributed by atoms with Gasteiger partial charge >= 0.3 is 6.18 Å². The van der Waals surface area contributed by atoms with Crippen LogP contribution in [0.3, 0.4) is 0 Å². The summed E-state index contributed by atoms with van der Waals surface area (Å²) in [6, 6.07) is 11.2. The van der Waals surface area contributed by atoms with Crippen LogP contribution < -0.4 is 10.1 Å². The quantitative estimate of drug-likeness (QED) is 0.716. The molecule has 0 aliphatic carbocycles. The van der Waals surface area contributed by atoms with Gasteiger partial charge in [0, 0.05) is 11.4 Å². The largest absolute Gasteiger partial charge is 0.497 e. The third-order valence-electron chi connectivity index (χ3n) is 4.07. The Morgan fingerprint density at radius 1 is 1.12 bits per heavy atom. The molecular formula is C19H18F3N3O. The predicted octanol–water partition coefficient (Wildman–Crippen LogP) is 4.70. The van der Waals surface area contributed by atoms with Gasteiger partial charge in [0.25, 0.3) is 0 Å². The molecule has 1 atom stereocenters. The Bertz CT molecular complexity index is 907. The number of ether oxygens (including phenoxy) is 1. The second-order valence-electron chi connectivity index (χ2n) is 6.01. The minimum atomic E-state index is -4.44. The number of methoxy groups -OCH3 is 1. The van der Waals surface area contributed by atoms with Gasteiger partial charge in [0.15, 0.2) is 0 Å². The van der Waals surface area contributed by atoms with Crippen molar-refractivity contribution in [1.29, 1.82) is 0 Å². The lowest BCUT2D eigenvalue weighted by molar-refractivity contribution is -0.138. The van der Waals surface area contributed by atoms with Crippen molar-refractivity contribution in [2.75, 3.05) is 12.4 Å². The molecule has 1 heterocycles. The summed E-state index contributed by atoms with van der Waals surface area (Å²) in [6.45, 7) is 1.82. The molecule has 26 heavy (non-hydrogen) atoms. The maximum Gasteiger partial charge on any atom is 0.416 e. The van der Waals surface area contributed by atoms with Crippen molar-refractivity contribution < 1.29 is 17.9 Å². The van der Waals surface area contributed by atoms with Gasteiger partial charge in [-0.3, -0.25) is 0 Å². The summed E-state index contributed by atoms with van der Waals surface area (Å²) in [5.74, 6) is 0.786. The molecular weight excluding hydrogens is 343 g/mol. The normalized spacial score (nSPS) is 12.8. The molecule has 0 amide bonds. The number of hydrogen-bond acceptors (Lipinski definition) is 4. The van der Waals surface area contributed by atoms with E-state index in [0.717, 1.165) is 17.0 Å². The Balaban J connectivity index is 1.85. The highest BCUT2D eigenvalue weighted by molar-refractivity contribution is 5.88. The Hall–Kier alpha value is -2.83. The molecule has 3 rings (SSSR count). The molecule has 0 radical (unpaired) electrons. The third-order valence-corrected chi connectivity index (χ3v) is 4.07. The Labute approximate surface area is 149 Å². The first kappa shape index (κ1) is 18.0. The average Bonchev–Trinajstić information content (AvgIpc) is 2.61. The van der Waals surface area contributed by atoms with Gasteiger partial charge in [-0.05, 0) is 43.2 Å². The average molecular weight is 361 g/mol. The zero-order valence-corrected chi connectivity index (χ0v) is 14.3. The van der Waals surface area contributed by atoms with Crippen LogP contribution in [0.1, 0.15) is 18.1 Å². The summed E-state index contributed by atoms with van der Waals surface area (Å²) in [7, 11) is 1.35.